The molecule has 0 spiro atoms. The van der Waals surface area contributed by atoms with Crippen molar-refractivity contribution < 1.29 is 5.11 Å². The molecule has 0 heterocycles. The first-order chi connectivity index (χ1) is 4.22. The van der Waals surface area contributed by atoms with Crippen LogP contribution in [0.15, 0.2) is 24.3 Å². The van der Waals surface area contributed by atoms with Crippen molar-refractivity contribution in [2.75, 3.05) is 0 Å². The monoisotopic (exact) mass is 186 g/mol. The van der Waals surface area contributed by atoms with E-state index in [9.17, 15) is 5.11 Å². The molecule has 9 heavy (non-hydrogen) atoms. The number of hydrogen-bond acceptors (Lipinski definition) is 1. The van der Waals surface area contributed by atoms with E-state index < -0.39 is 0 Å². The van der Waals surface area contributed by atoms with E-state index in [0.29, 0.717) is 0 Å². The summed E-state index contributed by atoms with van der Waals surface area (Å²) in [6, 6.07) is 0. The maximum atomic E-state index is 9.42. The molecule has 0 amide bonds. The summed E-state index contributed by atoms with van der Waals surface area (Å²) < 4.78 is -0.225. The van der Waals surface area contributed by atoms with Gasteiger partial charge in [0.25, 0.3) is 0 Å². The SMILES string of the molecule is OC1C2C=CC1(Br)C=C2. The number of aliphatic hydroxyl groups excluding tert-OH is 1. The van der Waals surface area contributed by atoms with Gasteiger partial charge in [0.1, 0.15) is 0 Å². The van der Waals surface area contributed by atoms with Crippen LogP contribution < -0.4 is 0 Å². The molecule has 1 N–H and O–H groups in total. The fourth-order valence-electron chi connectivity index (χ4n) is 1.34. The summed E-state index contributed by atoms with van der Waals surface area (Å²) in [7, 11) is 0. The summed E-state index contributed by atoms with van der Waals surface area (Å²) in [6.07, 6.45) is 7.79. The third kappa shape index (κ3) is 0.578. The van der Waals surface area contributed by atoms with Gasteiger partial charge in [-0.05, 0) is 0 Å². The third-order valence-electron chi connectivity index (χ3n) is 1.97. The van der Waals surface area contributed by atoms with Crippen LogP contribution in [0.25, 0.3) is 0 Å². The van der Waals surface area contributed by atoms with Gasteiger partial charge in [-0.15, -0.1) is 0 Å². The molecule has 0 fully saturated rings. The van der Waals surface area contributed by atoms with Crippen molar-refractivity contribution in [3.8, 4) is 0 Å². The van der Waals surface area contributed by atoms with E-state index in [4.69, 9.17) is 0 Å². The number of hydrogen-bond donors (Lipinski definition) is 1. The van der Waals surface area contributed by atoms with E-state index >= 15 is 0 Å². The smallest absolute Gasteiger partial charge is 0.0884 e. The summed E-state index contributed by atoms with van der Waals surface area (Å²) >= 11 is 3.43. The lowest BCUT2D eigenvalue weighted by atomic mass is 10.1. The predicted molar refractivity (Wildman–Crippen MR) is 39.4 cm³/mol. The van der Waals surface area contributed by atoms with Crippen molar-refractivity contribution >= 4 is 15.9 Å². The Balaban J connectivity index is 2.44. The number of halogens is 1. The molecular formula is C7H7BrO. The molecule has 0 saturated heterocycles. The molecule has 2 rings (SSSR count). The lowest BCUT2D eigenvalue weighted by molar-refractivity contribution is 0.159. The van der Waals surface area contributed by atoms with Crippen molar-refractivity contribution in [1.29, 1.82) is 0 Å². The molecule has 0 aromatic rings. The van der Waals surface area contributed by atoms with Gasteiger partial charge >= 0.3 is 0 Å². The summed E-state index contributed by atoms with van der Waals surface area (Å²) in [5.41, 5.74) is 0. The fourth-order valence-corrected chi connectivity index (χ4v) is 1.95. The van der Waals surface area contributed by atoms with Gasteiger partial charge in [-0.3, -0.25) is 0 Å². The lowest BCUT2D eigenvalue weighted by Crippen LogP contribution is -2.27. The zero-order valence-corrected chi connectivity index (χ0v) is 6.38. The largest absolute Gasteiger partial charge is 0.390 e. The summed E-state index contributed by atoms with van der Waals surface area (Å²) in [6.45, 7) is 0. The summed E-state index contributed by atoms with van der Waals surface area (Å²) in [4.78, 5) is 0. The van der Waals surface area contributed by atoms with Crippen molar-refractivity contribution in [2.45, 2.75) is 10.4 Å². The second-order valence-corrected chi connectivity index (χ2v) is 3.94. The van der Waals surface area contributed by atoms with Crippen LogP contribution in [0.3, 0.4) is 0 Å². The number of alkyl halides is 1. The molecule has 1 nitrogen and oxygen atoms in total. The molecule has 0 radical (unpaired) electrons. The molecular weight excluding hydrogens is 180 g/mol. The second-order valence-electron chi connectivity index (χ2n) is 2.57. The third-order valence-corrected chi connectivity index (χ3v) is 2.96. The van der Waals surface area contributed by atoms with Gasteiger partial charge in [-0.2, -0.15) is 0 Å². The normalized spacial score (nSPS) is 53.1. The molecule has 48 valence electrons. The molecule has 0 aromatic heterocycles. The molecule has 1 unspecified atom stereocenters. The second kappa shape index (κ2) is 1.50. The Labute approximate surface area is 62.2 Å². The number of fused-ring (bicyclic) bond motifs is 2. The van der Waals surface area contributed by atoms with E-state index in [-0.39, 0.29) is 16.3 Å². The Morgan fingerprint density at radius 3 is 2.00 bits per heavy atom. The quantitative estimate of drug-likeness (QED) is 0.446. The highest BCUT2D eigenvalue weighted by atomic mass is 79.9. The minimum Gasteiger partial charge on any atom is -0.390 e. The van der Waals surface area contributed by atoms with Gasteiger partial charge in [0.15, 0.2) is 0 Å². The zero-order valence-electron chi connectivity index (χ0n) is 4.79. The highest BCUT2D eigenvalue weighted by Crippen LogP contribution is 2.42. The fraction of sp³-hybridized carbons (Fsp3) is 0.429. The van der Waals surface area contributed by atoms with Crippen molar-refractivity contribution in [2.24, 2.45) is 5.92 Å². The van der Waals surface area contributed by atoms with Crippen LogP contribution in [-0.4, -0.2) is 15.5 Å². The Morgan fingerprint density at radius 1 is 1.33 bits per heavy atom. The Kier molecular flexibility index (Phi) is 0.945. The highest BCUT2D eigenvalue weighted by molar-refractivity contribution is 9.10. The topological polar surface area (TPSA) is 20.2 Å². The number of aliphatic hydroxyl groups is 1. The van der Waals surface area contributed by atoms with Gasteiger partial charge in [-0.25, -0.2) is 0 Å². The van der Waals surface area contributed by atoms with Gasteiger partial charge < -0.3 is 5.11 Å². The van der Waals surface area contributed by atoms with Gasteiger partial charge in [-0.1, -0.05) is 40.2 Å². The first-order valence-corrected chi connectivity index (χ1v) is 3.77. The lowest BCUT2D eigenvalue weighted by Gasteiger charge is -2.16. The molecule has 0 aromatic carbocycles. The van der Waals surface area contributed by atoms with Gasteiger partial charge in [0, 0.05) is 5.92 Å². The van der Waals surface area contributed by atoms with Crippen LogP contribution in [0.5, 0.6) is 0 Å². The minimum absolute atomic E-state index is 0.225. The standard InChI is InChI=1S/C7H7BrO/c8-7-3-1-5(2-4-7)6(7)9/h1-6,9H. The van der Waals surface area contributed by atoms with Gasteiger partial charge in [0.2, 0.25) is 0 Å². The minimum atomic E-state index is -0.266. The Hall–Kier alpha value is -0.0800. The van der Waals surface area contributed by atoms with Crippen molar-refractivity contribution in [1.82, 2.24) is 0 Å². The summed E-state index contributed by atoms with van der Waals surface area (Å²) in [5, 5.41) is 9.42. The van der Waals surface area contributed by atoms with Crippen LogP contribution >= 0.6 is 15.9 Å². The predicted octanol–water partition coefficient (Wildman–Crippen LogP) is 1.24. The molecule has 1 atom stereocenters. The van der Waals surface area contributed by atoms with Crippen LogP contribution in [-0.2, 0) is 0 Å². The maximum absolute atomic E-state index is 9.42. The van der Waals surface area contributed by atoms with Crippen LogP contribution in [0.1, 0.15) is 0 Å². The van der Waals surface area contributed by atoms with Crippen molar-refractivity contribution in [3.05, 3.63) is 24.3 Å². The molecule has 2 heteroatoms. The van der Waals surface area contributed by atoms with Crippen LogP contribution in [0, 0.1) is 5.92 Å². The average molecular weight is 187 g/mol. The van der Waals surface area contributed by atoms with Gasteiger partial charge in [0.05, 0.1) is 10.4 Å². The molecule has 0 aliphatic heterocycles. The molecule has 2 bridgehead atoms. The molecule has 2 aliphatic carbocycles. The zero-order chi connectivity index (χ0) is 6.48. The Morgan fingerprint density at radius 2 is 1.89 bits per heavy atom. The highest BCUT2D eigenvalue weighted by Gasteiger charge is 2.43. The molecule has 2 aliphatic rings. The maximum Gasteiger partial charge on any atom is 0.0884 e. The number of rotatable bonds is 0. The van der Waals surface area contributed by atoms with E-state index in [2.05, 4.69) is 15.9 Å². The van der Waals surface area contributed by atoms with E-state index in [1.165, 1.54) is 0 Å². The first-order valence-electron chi connectivity index (χ1n) is 2.98. The van der Waals surface area contributed by atoms with E-state index in [1.54, 1.807) is 0 Å². The first kappa shape index (κ1) is 5.69. The van der Waals surface area contributed by atoms with E-state index in [0.717, 1.165) is 0 Å². The summed E-state index contributed by atoms with van der Waals surface area (Å²) in [5.74, 6) is 0.254. The molecule has 0 saturated carbocycles. The van der Waals surface area contributed by atoms with Crippen LogP contribution in [0.2, 0.25) is 0 Å². The van der Waals surface area contributed by atoms with Crippen molar-refractivity contribution in [3.63, 3.8) is 0 Å². The van der Waals surface area contributed by atoms with Crippen LogP contribution in [0.4, 0.5) is 0 Å². The average Bonchev–Trinajstić information content (AvgIpc) is 2.24. The Bertz CT molecular complexity index is 181. The van der Waals surface area contributed by atoms with E-state index in [1.807, 2.05) is 24.3 Å².